The van der Waals surface area contributed by atoms with Crippen LogP contribution in [-0.4, -0.2) is 49.6 Å². The molecular formula is C7H14BO6P. The third-order valence-corrected chi connectivity index (χ3v) is 2.84. The average Bonchev–Trinajstić information content (AvgIpc) is 2.32. The first-order valence-corrected chi connectivity index (χ1v) is 6.02. The largest absolute Gasteiger partial charge is 0.469 e. The first kappa shape index (κ1) is 13.2. The Morgan fingerprint density at radius 2 is 2.13 bits per heavy atom. The van der Waals surface area contributed by atoms with Crippen molar-refractivity contribution in [3.8, 4) is 0 Å². The van der Waals surface area contributed by atoms with Crippen LogP contribution in [0.15, 0.2) is 0 Å². The third kappa shape index (κ3) is 3.55. The highest BCUT2D eigenvalue weighted by Crippen LogP contribution is 2.43. The number of phosphoric acid groups is 1. The summed E-state index contributed by atoms with van der Waals surface area (Å²) in [5.41, 5.74) is 0. The van der Waals surface area contributed by atoms with Crippen LogP contribution in [0, 0.1) is 5.92 Å². The van der Waals surface area contributed by atoms with E-state index in [1.54, 1.807) is 6.92 Å². The van der Waals surface area contributed by atoms with Crippen molar-refractivity contribution in [2.45, 2.75) is 25.1 Å². The topological polar surface area (TPSA) is 85.2 Å². The lowest BCUT2D eigenvalue weighted by Crippen LogP contribution is -2.31. The lowest BCUT2D eigenvalue weighted by molar-refractivity contribution is -0.0177. The van der Waals surface area contributed by atoms with E-state index >= 15 is 0 Å². The van der Waals surface area contributed by atoms with Crippen LogP contribution in [0.5, 0.6) is 0 Å². The minimum Gasteiger partial charge on any atom is -0.382 e. The van der Waals surface area contributed by atoms with Crippen molar-refractivity contribution in [1.29, 1.82) is 0 Å². The molecule has 4 atom stereocenters. The molecule has 0 bridgehead atoms. The molecule has 0 aromatic carbocycles. The Kier molecular flexibility index (Phi) is 4.34. The summed E-state index contributed by atoms with van der Waals surface area (Å²) in [6, 6.07) is -0.596. The van der Waals surface area contributed by atoms with Gasteiger partial charge in [-0.1, -0.05) is 6.92 Å². The maximum Gasteiger partial charge on any atom is 0.469 e. The molecule has 0 saturated carbocycles. The van der Waals surface area contributed by atoms with Gasteiger partial charge in [0.05, 0.1) is 6.61 Å². The fourth-order valence-electron chi connectivity index (χ4n) is 1.55. The third-order valence-electron chi connectivity index (χ3n) is 2.32. The summed E-state index contributed by atoms with van der Waals surface area (Å²) in [6.07, 6.45) is -1.30. The van der Waals surface area contributed by atoms with E-state index in [9.17, 15) is 4.57 Å². The number of hydrogen-bond acceptors (Lipinski definition) is 4. The molecular weight excluding hydrogens is 222 g/mol. The molecule has 2 N–H and O–H groups in total. The standard InChI is InChI=1S/C7H14BO6P/c1-4-6(14-15(9,10)11)5(3-12-2)13-7(4)8/h4-7H,3H2,1-2H3,(H2,9,10,11). The van der Waals surface area contributed by atoms with Gasteiger partial charge in [0.1, 0.15) is 20.1 Å². The van der Waals surface area contributed by atoms with Gasteiger partial charge in [0.25, 0.3) is 0 Å². The second-order valence-electron chi connectivity index (χ2n) is 3.51. The van der Waals surface area contributed by atoms with Crippen LogP contribution in [0.3, 0.4) is 0 Å². The van der Waals surface area contributed by atoms with Crippen LogP contribution in [0.2, 0.25) is 0 Å². The van der Waals surface area contributed by atoms with E-state index in [4.69, 9.17) is 27.1 Å². The maximum absolute atomic E-state index is 10.7. The van der Waals surface area contributed by atoms with Gasteiger partial charge in [0.2, 0.25) is 0 Å². The molecule has 1 aliphatic heterocycles. The van der Waals surface area contributed by atoms with E-state index in [0.717, 1.165) is 0 Å². The fraction of sp³-hybridized carbons (Fsp3) is 1.00. The van der Waals surface area contributed by atoms with Crippen molar-refractivity contribution >= 4 is 15.7 Å². The number of rotatable bonds is 4. The van der Waals surface area contributed by atoms with Crippen molar-refractivity contribution in [3.63, 3.8) is 0 Å². The summed E-state index contributed by atoms with van der Waals surface area (Å²) >= 11 is 0. The smallest absolute Gasteiger partial charge is 0.382 e. The zero-order chi connectivity index (χ0) is 11.6. The molecule has 6 nitrogen and oxygen atoms in total. The zero-order valence-corrected chi connectivity index (χ0v) is 9.46. The number of methoxy groups -OCH3 is 1. The molecule has 0 amide bonds. The van der Waals surface area contributed by atoms with Gasteiger partial charge < -0.3 is 19.3 Å². The summed E-state index contributed by atoms with van der Waals surface area (Å²) in [5, 5.41) is 0. The van der Waals surface area contributed by atoms with Gasteiger partial charge in [-0.3, -0.25) is 4.52 Å². The maximum atomic E-state index is 10.7. The van der Waals surface area contributed by atoms with Crippen LogP contribution in [0.25, 0.3) is 0 Å². The summed E-state index contributed by atoms with van der Waals surface area (Å²) < 4.78 is 25.5. The number of phosphoric ester groups is 1. The van der Waals surface area contributed by atoms with E-state index in [-0.39, 0.29) is 12.5 Å². The van der Waals surface area contributed by atoms with Crippen LogP contribution in [0.1, 0.15) is 6.92 Å². The van der Waals surface area contributed by atoms with Gasteiger partial charge in [0, 0.05) is 19.0 Å². The summed E-state index contributed by atoms with van der Waals surface area (Å²) in [6.45, 7) is 1.89. The van der Waals surface area contributed by atoms with Gasteiger partial charge in [-0.05, 0) is 0 Å². The highest BCUT2D eigenvalue weighted by atomic mass is 31.2. The number of hydrogen-bond donors (Lipinski definition) is 2. The summed E-state index contributed by atoms with van der Waals surface area (Å²) in [5.74, 6) is -0.294. The van der Waals surface area contributed by atoms with Crippen molar-refractivity contribution < 1.29 is 28.3 Å². The van der Waals surface area contributed by atoms with Crippen molar-refractivity contribution in [1.82, 2.24) is 0 Å². The Morgan fingerprint density at radius 1 is 1.53 bits per heavy atom. The van der Waals surface area contributed by atoms with E-state index in [2.05, 4.69) is 4.52 Å². The van der Waals surface area contributed by atoms with Gasteiger partial charge >= 0.3 is 7.82 Å². The molecule has 8 heteroatoms. The van der Waals surface area contributed by atoms with E-state index in [0.29, 0.717) is 0 Å². The molecule has 1 heterocycles. The highest BCUT2D eigenvalue weighted by Gasteiger charge is 2.43. The Hall–Kier alpha value is 0.0949. The van der Waals surface area contributed by atoms with Crippen LogP contribution in [0.4, 0.5) is 0 Å². The van der Waals surface area contributed by atoms with Gasteiger partial charge in [0.15, 0.2) is 0 Å². The Labute approximate surface area is 89.6 Å². The second-order valence-corrected chi connectivity index (χ2v) is 4.71. The minimum absolute atomic E-state index is 0.183. The summed E-state index contributed by atoms with van der Waals surface area (Å²) in [7, 11) is 2.53. The molecule has 86 valence electrons. The predicted octanol–water partition coefficient (Wildman–Crippen LogP) is -0.360. The van der Waals surface area contributed by atoms with Crippen LogP contribution >= 0.6 is 7.82 Å². The van der Waals surface area contributed by atoms with E-state index in [1.807, 2.05) is 0 Å². The van der Waals surface area contributed by atoms with E-state index in [1.165, 1.54) is 7.11 Å². The molecule has 1 saturated heterocycles. The van der Waals surface area contributed by atoms with Crippen molar-refractivity contribution in [2.75, 3.05) is 13.7 Å². The normalized spacial score (nSPS) is 37.1. The molecule has 1 rings (SSSR count). The molecule has 4 unspecified atom stereocenters. The SMILES string of the molecule is [B]C1OC(COC)C(OP(=O)(O)O)C1C. The van der Waals surface area contributed by atoms with Gasteiger partial charge in [-0.2, -0.15) is 0 Å². The second kappa shape index (κ2) is 4.95. The fourth-order valence-corrected chi connectivity index (χ4v) is 2.19. The summed E-state index contributed by atoms with van der Waals surface area (Å²) in [4.78, 5) is 17.4. The van der Waals surface area contributed by atoms with Crippen molar-refractivity contribution in [2.24, 2.45) is 5.92 Å². The molecule has 15 heavy (non-hydrogen) atoms. The Balaban J connectivity index is 2.68. The van der Waals surface area contributed by atoms with Crippen LogP contribution in [-0.2, 0) is 18.6 Å². The molecule has 2 radical (unpaired) electrons. The Morgan fingerprint density at radius 3 is 2.60 bits per heavy atom. The van der Waals surface area contributed by atoms with E-state index < -0.39 is 26.0 Å². The lowest BCUT2D eigenvalue weighted by atomic mass is 9.86. The quantitative estimate of drug-likeness (QED) is 0.512. The highest BCUT2D eigenvalue weighted by molar-refractivity contribution is 7.46. The number of ether oxygens (including phenoxy) is 2. The molecule has 1 fully saturated rings. The average molecular weight is 236 g/mol. The van der Waals surface area contributed by atoms with Crippen LogP contribution < -0.4 is 0 Å². The predicted molar refractivity (Wildman–Crippen MR) is 52.4 cm³/mol. The molecule has 0 spiro atoms. The first-order chi connectivity index (χ1) is 6.85. The van der Waals surface area contributed by atoms with Crippen molar-refractivity contribution in [3.05, 3.63) is 0 Å². The van der Waals surface area contributed by atoms with Gasteiger partial charge in [-0.25, -0.2) is 4.57 Å². The zero-order valence-electron chi connectivity index (χ0n) is 8.57. The van der Waals surface area contributed by atoms with Gasteiger partial charge in [-0.15, -0.1) is 0 Å². The monoisotopic (exact) mass is 236 g/mol. The molecule has 0 aliphatic carbocycles. The molecule has 1 aliphatic rings. The molecule has 0 aromatic rings. The lowest BCUT2D eigenvalue weighted by Gasteiger charge is -2.21. The molecule has 0 aromatic heterocycles. The Bertz CT molecular complexity index is 256. The minimum atomic E-state index is -4.53. The first-order valence-electron chi connectivity index (χ1n) is 4.49.